The number of halogens is 1. The highest BCUT2D eigenvalue weighted by Crippen LogP contribution is 2.23. The van der Waals surface area contributed by atoms with E-state index in [2.05, 4.69) is 15.9 Å². The van der Waals surface area contributed by atoms with E-state index in [1.807, 2.05) is 12.3 Å². The number of alkyl halides is 1. The Morgan fingerprint density at radius 1 is 1.39 bits per heavy atom. The van der Waals surface area contributed by atoms with Gasteiger partial charge in [-0.25, -0.2) is 4.79 Å². The highest BCUT2D eigenvalue weighted by molar-refractivity contribution is 9.09. The molecule has 3 nitrogen and oxygen atoms in total. The van der Waals surface area contributed by atoms with Crippen LogP contribution in [0.5, 0.6) is 0 Å². The minimum atomic E-state index is -0.328. The molecular formula is C13H15BrO3S. The fourth-order valence-electron chi connectivity index (χ4n) is 1.49. The van der Waals surface area contributed by atoms with Gasteiger partial charge in [-0.15, -0.1) is 11.8 Å². The van der Waals surface area contributed by atoms with Crippen LogP contribution in [-0.2, 0) is 16.0 Å². The molecule has 0 saturated heterocycles. The van der Waals surface area contributed by atoms with Crippen LogP contribution in [0.4, 0.5) is 0 Å². The highest BCUT2D eigenvalue weighted by Gasteiger charge is 2.12. The Bertz CT molecular complexity index is 446. The van der Waals surface area contributed by atoms with Crippen LogP contribution in [0.25, 0.3) is 0 Å². The Hall–Kier alpha value is -0.810. The quantitative estimate of drug-likeness (QED) is 0.456. The number of Topliss-reactive ketones (excluding diaryl/α,β-unsaturated/α-hetero) is 1. The first-order chi connectivity index (χ1) is 8.62. The zero-order valence-corrected chi connectivity index (χ0v) is 12.8. The third kappa shape index (κ3) is 4.14. The lowest BCUT2D eigenvalue weighted by Crippen LogP contribution is -2.08. The average molecular weight is 331 g/mol. The lowest BCUT2D eigenvalue weighted by atomic mass is 10.1. The normalized spacial score (nSPS) is 10.2. The number of esters is 1. The van der Waals surface area contributed by atoms with E-state index in [4.69, 9.17) is 4.74 Å². The van der Waals surface area contributed by atoms with Crippen LogP contribution in [0.1, 0.15) is 22.8 Å². The molecule has 0 amide bonds. The summed E-state index contributed by atoms with van der Waals surface area (Å²) in [7, 11) is 0. The number of carbonyl (C=O) groups excluding carboxylic acids is 2. The van der Waals surface area contributed by atoms with E-state index in [1.54, 1.807) is 19.1 Å². The molecule has 98 valence electrons. The summed E-state index contributed by atoms with van der Waals surface area (Å²) in [6.45, 7) is 2.13. The highest BCUT2D eigenvalue weighted by atomic mass is 79.9. The first-order valence-electron chi connectivity index (χ1n) is 5.54. The number of rotatable bonds is 6. The first kappa shape index (κ1) is 15.2. The topological polar surface area (TPSA) is 43.4 Å². The second kappa shape index (κ2) is 7.59. The minimum absolute atomic E-state index is 0.120. The van der Waals surface area contributed by atoms with Crippen LogP contribution in [0.2, 0.25) is 0 Å². The van der Waals surface area contributed by atoms with Gasteiger partial charge < -0.3 is 4.74 Å². The van der Waals surface area contributed by atoms with Crippen molar-refractivity contribution in [3.8, 4) is 0 Å². The second-order valence-electron chi connectivity index (χ2n) is 3.60. The van der Waals surface area contributed by atoms with Gasteiger partial charge in [0.15, 0.2) is 0 Å². The number of ether oxygens (including phenoxy) is 1. The minimum Gasteiger partial charge on any atom is -0.462 e. The largest absolute Gasteiger partial charge is 0.462 e. The van der Waals surface area contributed by atoms with E-state index >= 15 is 0 Å². The van der Waals surface area contributed by atoms with Gasteiger partial charge in [0.05, 0.1) is 17.5 Å². The molecule has 0 fully saturated rings. The average Bonchev–Trinajstić information content (AvgIpc) is 2.39. The van der Waals surface area contributed by atoms with Crippen LogP contribution in [0, 0.1) is 0 Å². The summed E-state index contributed by atoms with van der Waals surface area (Å²) in [6, 6.07) is 5.30. The molecule has 0 saturated carbocycles. The molecule has 0 aliphatic rings. The molecule has 1 aromatic carbocycles. The standard InChI is InChI=1S/C13H15BrO3S/c1-3-17-13(16)10-5-4-9(6-11(15)8-14)12(7-10)18-2/h4-5,7H,3,6,8H2,1-2H3. The molecule has 0 atom stereocenters. The Kier molecular flexibility index (Phi) is 6.43. The van der Waals surface area contributed by atoms with Gasteiger partial charge in [0.2, 0.25) is 0 Å². The fourth-order valence-corrected chi connectivity index (χ4v) is 2.34. The molecule has 0 N–H and O–H groups in total. The van der Waals surface area contributed by atoms with E-state index < -0.39 is 0 Å². The van der Waals surface area contributed by atoms with Crippen LogP contribution in [0.15, 0.2) is 23.1 Å². The smallest absolute Gasteiger partial charge is 0.338 e. The van der Waals surface area contributed by atoms with Crippen molar-refractivity contribution in [2.24, 2.45) is 0 Å². The first-order valence-corrected chi connectivity index (χ1v) is 7.88. The van der Waals surface area contributed by atoms with Crippen molar-refractivity contribution in [2.75, 3.05) is 18.2 Å². The molecule has 0 spiro atoms. The number of thioether (sulfide) groups is 1. The molecule has 1 rings (SSSR count). The van der Waals surface area contributed by atoms with Crippen molar-refractivity contribution in [2.45, 2.75) is 18.2 Å². The summed E-state index contributed by atoms with van der Waals surface area (Å²) in [4.78, 5) is 24.0. The van der Waals surface area contributed by atoms with Gasteiger partial charge in [0, 0.05) is 11.3 Å². The predicted molar refractivity (Wildman–Crippen MR) is 76.7 cm³/mol. The van der Waals surface area contributed by atoms with Crippen LogP contribution in [0.3, 0.4) is 0 Å². The SMILES string of the molecule is CCOC(=O)c1ccc(CC(=O)CBr)c(SC)c1. The maximum absolute atomic E-state index is 11.6. The molecule has 0 aliphatic heterocycles. The van der Waals surface area contributed by atoms with Crippen molar-refractivity contribution >= 4 is 39.4 Å². The maximum atomic E-state index is 11.6. The number of hydrogen-bond donors (Lipinski definition) is 0. The van der Waals surface area contributed by atoms with Gasteiger partial charge in [0.1, 0.15) is 5.78 Å². The molecule has 0 aliphatic carbocycles. The zero-order chi connectivity index (χ0) is 13.5. The number of ketones is 1. The summed E-state index contributed by atoms with van der Waals surface area (Å²) in [6.07, 6.45) is 2.30. The Morgan fingerprint density at radius 2 is 2.11 bits per heavy atom. The van der Waals surface area contributed by atoms with Crippen molar-refractivity contribution in [3.63, 3.8) is 0 Å². The van der Waals surface area contributed by atoms with Crippen LogP contribution < -0.4 is 0 Å². The van der Waals surface area contributed by atoms with Crippen molar-refractivity contribution < 1.29 is 14.3 Å². The number of hydrogen-bond acceptors (Lipinski definition) is 4. The lowest BCUT2D eigenvalue weighted by Gasteiger charge is -2.08. The zero-order valence-electron chi connectivity index (χ0n) is 10.4. The van der Waals surface area contributed by atoms with E-state index in [0.717, 1.165) is 10.5 Å². The van der Waals surface area contributed by atoms with Gasteiger partial charge in [-0.1, -0.05) is 22.0 Å². The van der Waals surface area contributed by atoms with Gasteiger partial charge in [-0.05, 0) is 30.9 Å². The van der Waals surface area contributed by atoms with E-state index in [1.165, 1.54) is 11.8 Å². The molecular weight excluding hydrogens is 316 g/mol. The predicted octanol–water partition coefficient (Wildman–Crippen LogP) is 3.09. The lowest BCUT2D eigenvalue weighted by molar-refractivity contribution is -0.115. The molecule has 1 aromatic rings. The number of benzene rings is 1. The summed E-state index contributed by atoms with van der Waals surface area (Å²) in [5.41, 5.74) is 1.47. The maximum Gasteiger partial charge on any atom is 0.338 e. The van der Waals surface area contributed by atoms with E-state index in [0.29, 0.717) is 23.9 Å². The summed E-state index contributed by atoms with van der Waals surface area (Å²) < 4.78 is 4.95. The summed E-state index contributed by atoms with van der Waals surface area (Å²) in [5, 5.41) is 0.348. The second-order valence-corrected chi connectivity index (χ2v) is 5.00. The van der Waals surface area contributed by atoms with Crippen LogP contribution in [-0.4, -0.2) is 29.9 Å². The third-order valence-corrected chi connectivity index (χ3v) is 3.78. The molecule has 5 heteroatoms. The molecule has 0 unspecified atom stereocenters. The molecule has 0 radical (unpaired) electrons. The molecule has 0 heterocycles. The Morgan fingerprint density at radius 3 is 2.67 bits per heavy atom. The summed E-state index contributed by atoms with van der Waals surface area (Å²) >= 11 is 4.67. The third-order valence-electron chi connectivity index (χ3n) is 2.33. The van der Waals surface area contributed by atoms with E-state index in [-0.39, 0.29) is 11.8 Å². The fraction of sp³-hybridized carbons (Fsp3) is 0.385. The van der Waals surface area contributed by atoms with Gasteiger partial charge in [0.25, 0.3) is 0 Å². The monoisotopic (exact) mass is 330 g/mol. The van der Waals surface area contributed by atoms with Gasteiger partial charge >= 0.3 is 5.97 Å². The van der Waals surface area contributed by atoms with E-state index in [9.17, 15) is 9.59 Å². The van der Waals surface area contributed by atoms with Crippen LogP contribution >= 0.6 is 27.7 Å². The van der Waals surface area contributed by atoms with Crippen molar-refractivity contribution in [1.29, 1.82) is 0 Å². The van der Waals surface area contributed by atoms with Crippen molar-refractivity contribution in [1.82, 2.24) is 0 Å². The number of carbonyl (C=O) groups is 2. The Balaban J connectivity index is 2.96. The van der Waals surface area contributed by atoms with Gasteiger partial charge in [-0.3, -0.25) is 4.79 Å². The molecule has 0 bridgehead atoms. The molecule has 18 heavy (non-hydrogen) atoms. The summed E-state index contributed by atoms with van der Waals surface area (Å²) in [5.74, 6) is -0.208. The Labute approximate surface area is 119 Å². The van der Waals surface area contributed by atoms with Crippen molar-refractivity contribution in [3.05, 3.63) is 29.3 Å². The molecule has 0 aromatic heterocycles. The van der Waals surface area contributed by atoms with Gasteiger partial charge in [-0.2, -0.15) is 0 Å².